The second kappa shape index (κ2) is 6.63. The van der Waals surface area contributed by atoms with Crippen molar-refractivity contribution < 1.29 is 9.13 Å². The minimum Gasteiger partial charge on any atom is -0.472 e. The summed E-state index contributed by atoms with van der Waals surface area (Å²) >= 11 is 0. The van der Waals surface area contributed by atoms with Gasteiger partial charge in [0.2, 0.25) is 11.8 Å². The van der Waals surface area contributed by atoms with Crippen molar-refractivity contribution in [3.8, 4) is 5.88 Å². The number of hydrogen-bond acceptors (Lipinski definition) is 5. The first kappa shape index (κ1) is 16.5. The molecule has 1 fully saturated rings. The highest BCUT2D eigenvalue weighted by Crippen LogP contribution is 2.26. The molecule has 0 saturated carbocycles. The summed E-state index contributed by atoms with van der Waals surface area (Å²) in [6, 6.07) is 7.96. The van der Waals surface area contributed by atoms with Crippen LogP contribution in [0.4, 0.5) is 21.8 Å². The summed E-state index contributed by atoms with van der Waals surface area (Å²) < 4.78 is 19.0. The Morgan fingerprint density at radius 3 is 2.38 bits per heavy atom. The fraction of sp³-hybridized carbons (Fsp3) is 0.444. The molecule has 2 aromatic rings. The molecule has 2 heterocycles. The van der Waals surface area contributed by atoms with Crippen molar-refractivity contribution in [2.24, 2.45) is 0 Å². The van der Waals surface area contributed by atoms with Crippen molar-refractivity contribution in [3.63, 3.8) is 0 Å². The van der Waals surface area contributed by atoms with E-state index in [4.69, 9.17) is 4.74 Å². The van der Waals surface area contributed by atoms with E-state index < -0.39 is 0 Å². The maximum absolute atomic E-state index is 13.1. The van der Waals surface area contributed by atoms with E-state index in [1.54, 1.807) is 18.2 Å². The molecule has 128 valence electrons. The Labute approximate surface area is 141 Å². The smallest absolute Gasteiger partial charge is 0.230 e. The average Bonchev–Trinajstić information content (AvgIpc) is 3.02. The molecule has 0 atom stereocenters. The zero-order chi connectivity index (χ0) is 17.2. The van der Waals surface area contributed by atoms with Crippen LogP contribution in [0.25, 0.3) is 0 Å². The molecule has 1 saturated heterocycles. The highest BCUT2D eigenvalue weighted by Gasteiger charge is 2.19. The molecule has 5 nitrogen and oxygen atoms in total. The van der Waals surface area contributed by atoms with Crippen molar-refractivity contribution in [1.29, 1.82) is 0 Å². The summed E-state index contributed by atoms with van der Waals surface area (Å²) in [5, 5.41) is 3.20. The molecule has 24 heavy (non-hydrogen) atoms. The number of nitrogens with zero attached hydrogens (tertiary/aromatic N) is 3. The van der Waals surface area contributed by atoms with Crippen molar-refractivity contribution in [2.45, 2.75) is 39.2 Å². The third-order valence-corrected chi connectivity index (χ3v) is 3.61. The number of hydrogen-bond donors (Lipinski definition) is 1. The molecule has 1 aliphatic heterocycles. The van der Waals surface area contributed by atoms with E-state index in [-0.39, 0.29) is 11.4 Å². The van der Waals surface area contributed by atoms with E-state index >= 15 is 0 Å². The van der Waals surface area contributed by atoms with Gasteiger partial charge in [0.1, 0.15) is 17.2 Å². The summed E-state index contributed by atoms with van der Waals surface area (Å²) in [6.07, 6.45) is 2.29. The van der Waals surface area contributed by atoms with E-state index in [0.29, 0.717) is 17.6 Å². The molecule has 0 bridgehead atoms. The predicted molar refractivity (Wildman–Crippen MR) is 93.5 cm³/mol. The maximum Gasteiger partial charge on any atom is 0.230 e. The van der Waals surface area contributed by atoms with Crippen LogP contribution in [0.15, 0.2) is 30.3 Å². The number of nitrogens with one attached hydrogen (secondary N) is 1. The van der Waals surface area contributed by atoms with Crippen molar-refractivity contribution in [1.82, 2.24) is 9.97 Å². The average molecular weight is 330 g/mol. The van der Waals surface area contributed by atoms with Crippen LogP contribution in [0.2, 0.25) is 0 Å². The Bertz CT molecular complexity index is 691. The molecule has 1 aromatic carbocycles. The summed E-state index contributed by atoms with van der Waals surface area (Å²) in [5.74, 6) is 1.57. The minimum atomic E-state index is -0.343. The first-order chi connectivity index (χ1) is 11.4. The lowest BCUT2D eigenvalue weighted by atomic mass is 10.2. The van der Waals surface area contributed by atoms with E-state index in [1.807, 2.05) is 20.8 Å². The summed E-state index contributed by atoms with van der Waals surface area (Å²) in [4.78, 5) is 11.3. The Balaban J connectivity index is 1.89. The molecule has 6 heteroatoms. The molecule has 1 N–H and O–H groups in total. The lowest BCUT2D eigenvalue weighted by Crippen LogP contribution is -2.25. The predicted octanol–water partition coefficient (Wildman–Crippen LogP) is 4.14. The van der Waals surface area contributed by atoms with Crippen LogP contribution in [0, 0.1) is 5.82 Å². The number of rotatable bonds is 4. The van der Waals surface area contributed by atoms with E-state index in [9.17, 15) is 4.39 Å². The number of benzene rings is 1. The standard InChI is InChI=1S/C18H23FN4O/c1-18(2,3)24-16-12-15(20-14-8-6-13(19)7-9-14)21-17(22-16)23-10-4-5-11-23/h6-9,12H,4-5,10-11H2,1-3H3,(H,20,21,22). The minimum absolute atomic E-state index is 0.266. The molecule has 3 rings (SSSR count). The Kier molecular flexibility index (Phi) is 4.55. The molecule has 0 unspecified atom stereocenters. The van der Waals surface area contributed by atoms with Gasteiger partial charge < -0.3 is 15.0 Å². The quantitative estimate of drug-likeness (QED) is 0.913. The van der Waals surface area contributed by atoms with E-state index in [2.05, 4.69) is 20.2 Å². The fourth-order valence-corrected chi connectivity index (χ4v) is 2.58. The summed E-state index contributed by atoms with van der Waals surface area (Å²) in [5.41, 5.74) is 0.424. The third kappa shape index (κ3) is 4.34. The Morgan fingerprint density at radius 1 is 1.08 bits per heavy atom. The lowest BCUT2D eigenvalue weighted by molar-refractivity contribution is 0.124. The Morgan fingerprint density at radius 2 is 1.75 bits per heavy atom. The number of anilines is 3. The van der Waals surface area contributed by atoms with Crippen molar-refractivity contribution >= 4 is 17.5 Å². The van der Waals surface area contributed by atoms with Gasteiger partial charge in [-0.05, 0) is 57.9 Å². The van der Waals surface area contributed by atoms with Crippen LogP contribution < -0.4 is 15.0 Å². The van der Waals surface area contributed by atoms with E-state index in [0.717, 1.165) is 31.6 Å². The lowest BCUT2D eigenvalue weighted by Gasteiger charge is -2.23. The van der Waals surface area contributed by atoms with Gasteiger partial charge in [0.25, 0.3) is 0 Å². The van der Waals surface area contributed by atoms with Gasteiger partial charge in [0.05, 0.1) is 0 Å². The van der Waals surface area contributed by atoms with Gasteiger partial charge in [-0.1, -0.05) is 0 Å². The fourth-order valence-electron chi connectivity index (χ4n) is 2.58. The van der Waals surface area contributed by atoms with Gasteiger partial charge >= 0.3 is 0 Å². The third-order valence-electron chi connectivity index (χ3n) is 3.61. The highest BCUT2D eigenvalue weighted by atomic mass is 19.1. The van der Waals surface area contributed by atoms with Crippen LogP contribution in [0.3, 0.4) is 0 Å². The molecule has 0 spiro atoms. The van der Waals surface area contributed by atoms with Crippen LogP contribution in [-0.2, 0) is 0 Å². The maximum atomic E-state index is 13.1. The first-order valence-corrected chi connectivity index (χ1v) is 8.25. The largest absolute Gasteiger partial charge is 0.472 e. The Hall–Kier alpha value is -2.37. The first-order valence-electron chi connectivity index (χ1n) is 8.25. The van der Waals surface area contributed by atoms with Crippen LogP contribution >= 0.6 is 0 Å². The van der Waals surface area contributed by atoms with Crippen molar-refractivity contribution in [2.75, 3.05) is 23.3 Å². The monoisotopic (exact) mass is 330 g/mol. The summed E-state index contributed by atoms with van der Waals surface area (Å²) in [6.45, 7) is 7.86. The SMILES string of the molecule is CC(C)(C)Oc1cc(Nc2ccc(F)cc2)nc(N2CCCC2)n1. The molecule has 1 aromatic heterocycles. The van der Waals surface area contributed by atoms with Crippen molar-refractivity contribution in [3.05, 3.63) is 36.1 Å². The van der Waals surface area contributed by atoms with Gasteiger partial charge in [-0.3, -0.25) is 0 Å². The van der Waals surface area contributed by atoms with Crippen LogP contribution in [-0.4, -0.2) is 28.7 Å². The topological polar surface area (TPSA) is 50.3 Å². The van der Waals surface area contributed by atoms with Gasteiger partial charge in [0, 0.05) is 24.8 Å². The zero-order valence-electron chi connectivity index (χ0n) is 14.3. The van der Waals surface area contributed by atoms with Gasteiger partial charge in [-0.15, -0.1) is 0 Å². The highest BCUT2D eigenvalue weighted by molar-refractivity contribution is 5.58. The van der Waals surface area contributed by atoms with E-state index in [1.165, 1.54) is 12.1 Å². The second-order valence-corrected chi connectivity index (χ2v) is 6.93. The second-order valence-electron chi connectivity index (χ2n) is 6.93. The number of aromatic nitrogens is 2. The zero-order valence-corrected chi connectivity index (χ0v) is 14.3. The van der Waals surface area contributed by atoms with Gasteiger partial charge in [0.15, 0.2) is 0 Å². The molecule has 0 aliphatic carbocycles. The summed E-state index contributed by atoms with van der Waals surface area (Å²) in [7, 11) is 0. The van der Waals surface area contributed by atoms with Crippen LogP contribution in [0.5, 0.6) is 5.88 Å². The normalized spacial score (nSPS) is 14.8. The molecular weight excluding hydrogens is 307 g/mol. The van der Waals surface area contributed by atoms with Crippen LogP contribution in [0.1, 0.15) is 33.6 Å². The van der Waals surface area contributed by atoms with Gasteiger partial charge in [-0.25, -0.2) is 4.39 Å². The molecular formula is C18H23FN4O. The molecule has 0 amide bonds. The van der Waals surface area contributed by atoms with Gasteiger partial charge in [-0.2, -0.15) is 9.97 Å². The number of halogens is 1. The molecule has 1 aliphatic rings. The molecule has 0 radical (unpaired) electrons. The number of ether oxygens (including phenoxy) is 1.